The topological polar surface area (TPSA) is 41.6 Å². The Bertz CT molecular complexity index is 751. The predicted octanol–water partition coefficient (Wildman–Crippen LogP) is 4.71. The first-order valence-corrected chi connectivity index (χ1v) is 9.51. The predicted molar refractivity (Wildman–Crippen MR) is 106 cm³/mol. The number of piperidine rings is 1. The molecule has 0 aliphatic carbocycles. The molecule has 0 saturated carbocycles. The van der Waals surface area contributed by atoms with Crippen molar-refractivity contribution in [3.8, 4) is 0 Å². The van der Waals surface area contributed by atoms with Crippen molar-refractivity contribution < 1.29 is 8.78 Å². The molecule has 0 bridgehead atoms. The van der Waals surface area contributed by atoms with Gasteiger partial charge in [0.2, 0.25) is 0 Å². The summed E-state index contributed by atoms with van der Waals surface area (Å²) in [5.74, 6) is -2.28. The molecule has 3 nitrogen and oxygen atoms in total. The number of nitrogens with two attached hydrogens (primary N) is 1. The quantitative estimate of drug-likeness (QED) is 0.611. The monoisotopic (exact) mass is 371 g/mol. The van der Waals surface area contributed by atoms with Crippen LogP contribution in [0, 0.1) is 0 Å². The summed E-state index contributed by atoms with van der Waals surface area (Å²) in [7, 11) is 0. The smallest absolute Gasteiger partial charge is 0.270 e. The van der Waals surface area contributed by atoms with Crippen molar-refractivity contribution in [1.82, 2.24) is 4.90 Å². The van der Waals surface area contributed by atoms with Crippen molar-refractivity contribution in [2.24, 2.45) is 10.7 Å². The molecular formula is C22H27F2N3. The lowest BCUT2D eigenvalue weighted by Gasteiger charge is -2.36. The SMILES string of the molecule is CC(F)(F)c1ccc(CN=C(N)N2CCCCC2Cc2ccccc2)cc1. The highest BCUT2D eigenvalue weighted by Gasteiger charge is 2.25. The first-order chi connectivity index (χ1) is 12.9. The van der Waals surface area contributed by atoms with Gasteiger partial charge >= 0.3 is 0 Å². The van der Waals surface area contributed by atoms with E-state index in [2.05, 4.69) is 34.2 Å². The molecule has 144 valence electrons. The Morgan fingerprint density at radius 2 is 1.78 bits per heavy atom. The van der Waals surface area contributed by atoms with Crippen molar-refractivity contribution >= 4 is 5.96 Å². The molecule has 0 amide bonds. The highest BCUT2D eigenvalue weighted by atomic mass is 19.3. The van der Waals surface area contributed by atoms with Crippen LogP contribution < -0.4 is 5.73 Å². The average molecular weight is 371 g/mol. The number of hydrogen-bond donors (Lipinski definition) is 1. The molecule has 27 heavy (non-hydrogen) atoms. The van der Waals surface area contributed by atoms with Crippen LogP contribution in [-0.4, -0.2) is 23.4 Å². The fourth-order valence-corrected chi connectivity index (χ4v) is 3.57. The average Bonchev–Trinajstić information content (AvgIpc) is 2.67. The summed E-state index contributed by atoms with van der Waals surface area (Å²) in [6, 6.07) is 17.1. The lowest BCUT2D eigenvalue weighted by molar-refractivity contribution is 0.0174. The number of hydrogen-bond acceptors (Lipinski definition) is 1. The number of benzene rings is 2. The van der Waals surface area contributed by atoms with Gasteiger partial charge in [-0.05, 0) is 36.8 Å². The molecule has 2 N–H and O–H groups in total. The molecule has 1 fully saturated rings. The van der Waals surface area contributed by atoms with E-state index in [9.17, 15) is 8.78 Å². The van der Waals surface area contributed by atoms with Gasteiger partial charge in [-0.2, -0.15) is 0 Å². The first kappa shape index (κ1) is 19.3. The third-order valence-corrected chi connectivity index (χ3v) is 5.12. The molecule has 0 aromatic heterocycles. The lowest BCUT2D eigenvalue weighted by Crippen LogP contribution is -2.48. The molecule has 0 radical (unpaired) electrons. The summed E-state index contributed by atoms with van der Waals surface area (Å²) in [5.41, 5.74) is 8.49. The second kappa shape index (κ2) is 8.51. The van der Waals surface area contributed by atoms with Gasteiger partial charge in [0.25, 0.3) is 5.92 Å². The van der Waals surface area contributed by atoms with Crippen LogP contribution in [-0.2, 0) is 18.9 Å². The Labute approximate surface area is 159 Å². The van der Waals surface area contributed by atoms with E-state index in [1.807, 2.05) is 6.07 Å². The lowest BCUT2D eigenvalue weighted by atomic mass is 9.96. The van der Waals surface area contributed by atoms with E-state index in [1.165, 1.54) is 24.1 Å². The van der Waals surface area contributed by atoms with Crippen LogP contribution in [0.4, 0.5) is 8.78 Å². The van der Waals surface area contributed by atoms with E-state index in [-0.39, 0.29) is 5.56 Å². The Morgan fingerprint density at radius 1 is 1.07 bits per heavy atom. The van der Waals surface area contributed by atoms with E-state index >= 15 is 0 Å². The molecule has 2 aromatic carbocycles. The number of guanidine groups is 1. The molecule has 2 aromatic rings. The molecule has 1 aliphatic heterocycles. The number of aliphatic imine (C=N–C) groups is 1. The minimum atomic E-state index is -2.82. The largest absolute Gasteiger partial charge is 0.370 e. The van der Waals surface area contributed by atoms with Gasteiger partial charge in [-0.25, -0.2) is 13.8 Å². The van der Waals surface area contributed by atoms with Gasteiger partial charge in [0, 0.05) is 25.1 Å². The zero-order chi connectivity index (χ0) is 19.3. The number of nitrogens with zero attached hydrogens (tertiary/aromatic N) is 2. The first-order valence-electron chi connectivity index (χ1n) is 9.51. The number of likely N-dealkylation sites (tertiary alicyclic amines) is 1. The van der Waals surface area contributed by atoms with Crippen molar-refractivity contribution in [2.45, 2.75) is 51.1 Å². The van der Waals surface area contributed by atoms with Crippen LogP contribution in [0.1, 0.15) is 42.9 Å². The van der Waals surface area contributed by atoms with E-state index in [4.69, 9.17) is 5.73 Å². The van der Waals surface area contributed by atoms with Crippen molar-refractivity contribution in [2.75, 3.05) is 6.54 Å². The zero-order valence-corrected chi connectivity index (χ0v) is 15.7. The van der Waals surface area contributed by atoms with Gasteiger partial charge in [0.15, 0.2) is 5.96 Å². The van der Waals surface area contributed by atoms with Crippen LogP contribution >= 0.6 is 0 Å². The second-order valence-electron chi connectivity index (χ2n) is 7.29. The molecule has 1 unspecified atom stereocenters. The van der Waals surface area contributed by atoms with E-state index in [0.29, 0.717) is 18.5 Å². The minimum absolute atomic E-state index is 0.0159. The molecule has 1 aliphatic rings. The van der Waals surface area contributed by atoms with Crippen LogP contribution in [0.25, 0.3) is 0 Å². The minimum Gasteiger partial charge on any atom is -0.370 e. The van der Waals surface area contributed by atoms with Crippen LogP contribution in [0.3, 0.4) is 0 Å². The van der Waals surface area contributed by atoms with Crippen LogP contribution in [0.15, 0.2) is 59.6 Å². The van der Waals surface area contributed by atoms with Gasteiger partial charge in [0.05, 0.1) is 6.54 Å². The number of alkyl halides is 2. The van der Waals surface area contributed by atoms with Crippen molar-refractivity contribution in [3.63, 3.8) is 0 Å². The molecule has 5 heteroatoms. The standard InChI is InChI=1S/C22H27F2N3/c1-22(23,24)19-12-10-18(11-13-19)16-26-21(25)27-14-6-5-9-20(27)15-17-7-3-2-4-8-17/h2-4,7-8,10-13,20H,5-6,9,14-16H2,1H3,(H2,25,26). The molecule has 0 spiro atoms. The number of halogens is 2. The summed E-state index contributed by atoms with van der Waals surface area (Å²) >= 11 is 0. The summed E-state index contributed by atoms with van der Waals surface area (Å²) in [6.07, 6.45) is 4.37. The van der Waals surface area contributed by atoms with Crippen LogP contribution in [0.5, 0.6) is 0 Å². The van der Waals surface area contributed by atoms with Crippen molar-refractivity contribution in [1.29, 1.82) is 0 Å². The third kappa shape index (κ3) is 5.28. The second-order valence-corrected chi connectivity index (χ2v) is 7.29. The maximum Gasteiger partial charge on any atom is 0.270 e. The summed E-state index contributed by atoms with van der Waals surface area (Å²) in [4.78, 5) is 6.73. The van der Waals surface area contributed by atoms with E-state index in [0.717, 1.165) is 38.3 Å². The summed E-state index contributed by atoms with van der Waals surface area (Å²) in [6.45, 7) is 2.21. The Balaban J connectivity index is 1.66. The van der Waals surface area contributed by atoms with E-state index in [1.54, 1.807) is 12.1 Å². The molecular weight excluding hydrogens is 344 g/mol. The summed E-state index contributed by atoms with van der Waals surface area (Å²) < 4.78 is 26.6. The molecule has 1 atom stereocenters. The highest BCUT2D eigenvalue weighted by Crippen LogP contribution is 2.27. The normalized spacial score (nSPS) is 18.6. The maximum atomic E-state index is 13.3. The summed E-state index contributed by atoms with van der Waals surface area (Å²) in [5, 5.41) is 0. The maximum absolute atomic E-state index is 13.3. The molecule has 3 rings (SSSR count). The van der Waals surface area contributed by atoms with Crippen LogP contribution in [0.2, 0.25) is 0 Å². The molecule has 1 heterocycles. The van der Waals surface area contributed by atoms with Gasteiger partial charge in [-0.3, -0.25) is 0 Å². The fourth-order valence-electron chi connectivity index (χ4n) is 3.57. The van der Waals surface area contributed by atoms with Gasteiger partial charge in [-0.15, -0.1) is 0 Å². The molecule has 1 saturated heterocycles. The van der Waals surface area contributed by atoms with Crippen molar-refractivity contribution in [3.05, 3.63) is 71.3 Å². The van der Waals surface area contributed by atoms with E-state index < -0.39 is 5.92 Å². The van der Waals surface area contributed by atoms with Gasteiger partial charge < -0.3 is 10.6 Å². The zero-order valence-electron chi connectivity index (χ0n) is 15.7. The third-order valence-electron chi connectivity index (χ3n) is 5.12. The highest BCUT2D eigenvalue weighted by molar-refractivity contribution is 5.78. The Kier molecular flexibility index (Phi) is 6.09. The fraction of sp³-hybridized carbons (Fsp3) is 0.409. The van der Waals surface area contributed by atoms with Gasteiger partial charge in [-0.1, -0.05) is 54.6 Å². The Hall–Kier alpha value is -2.43. The number of rotatable bonds is 5. The van der Waals surface area contributed by atoms with Gasteiger partial charge in [0.1, 0.15) is 0 Å². The Morgan fingerprint density at radius 3 is 2.44 bits per heavy atom.